The highest BCUT2D eigenvalue weighted by atomic mass is 32.1. The predicted octanol–water partition coefficient (Wildman–Crippen LogP) is 3.88. The van der Waals surface area contributed by atoms with Crippen LogP contribution in [0.3, 0.4) is 0 Å². The molecule has 3 aromatic rings. The fourth-order valence-corrected chi connectivity index (χ4v) is 2.68. The molecule has 0 saturated heterocycles. The smallest absolute Gasteiger partial charge is 0.192 e. The molecule has 4 heteroatoms. The molecular formula is C13H12N2OS. The molecule has 0 N–H and O–H groups in total. The van der Waals surface area contributed by atoms with Gasteiger partial charge in [0.15, 0.2) is 11.5 Å². The lowest BCUT2D eigenvalue weighted by Crippen LogP contribution is -1.78. The van der Waals surface area contributed by atoms with Crippen molar-refractivity contribution in [3.05, 3.63) is 34.7 Å². The van der Waals surface area contributed by atoms with E-state index < -0.39 is 0 Å². The summed E-state index contributed by atoms with van der Waals surface area (Å²) in [5, 5.41) is 1.04. The van der Waals surface area contributed by atoms with E-state index in [1.807, 2.05) is 32.0 Å². The van der Waals surface area contributed by atoms with E-state index in [-0.39, 0.29) is 0 Å². The number of thiazole rings is 1. The first kappa shape index (κ1) is 10.5. The zero-order chi connectivity index (χ0) is 12.0. The first-order valence-electron chi connectivity index (χ1n) is 5.45. The van der Waals surface area contributed by atoms with Gasteiger partial charge in [-0.05, 0) is 32.0 Å². The summed E-state index contributed by atoms with van der Waals surface area (Å²) < 4.78 is 5.46. The molecule has 0 saturated carbocycles. The largest absolute Gasteiger partial charge is 0.441 e. The van der Waals surface area contributed by atoms with Crippen LogP contribution in [-0.2, 0) is 0 Å². The summed E-state index contributed by atoms with van der Waals surface area (Å²) in [5.41, 5.74) is 3.93. The number of hydrogen-bond donors (Lipinski definition) is 0. The van der Waals surface area contributed by atoms with Crippen LogP contribution >= 0.6 is 11.3 Å². The molecule has 2 aromatic heterocycles. The first-order valence-corrected chi connectivity index (χ1v) is 6.27. The Morgan fingerprint density at radius 2 is 1.94 bits per heavy atom. The first-order chi connectivity index (χ1) is 8.13. The molecule has 0 spiro atoms. The highest BCUT2D eigenvalue weighted by Gasteiger charge is 2.09. The lowest BCUT2D eigenvalue weighted by molar-refractivity contribution is 0.561. The Balaban J connectivity index is 2.16. The van der Waals surface area contributed by atoms with E-state index in [4.69, 9.17) is 4.42 Å². The molecule has 17 heavy (non-hydrogen) atoms. The Labute approximate surface area is 103 Å². The molecule has 3 rings (SSSR count). The second-order valence-corrected chi connectivity index (χ2v) is 5.28. The maximum absolute atomic E-state index is 5.46. The van der Waals surface area contributed by atoms with Crippen LogP contribution in [0.4, 0.5) is 0 Å². The van der Waals surface area contributed by atoms with Gasteiger partial charge in [-0.2, -0.15) is 0 Å². The zero-order valence-corrected chi connectivity index (χ0v) is 10.8. The Hall–Kier alpha value is -1.68. The van der Waals surface area contributed by atoms with Crippen LogP contribution < -0.4 is 0 Å². The van der Waals surface area contributed by atoms with Gasteiger partial charge in [-0.3, -0.25) is 0 Å². The van der Waals surface area contributed by atoms with Gasteiger partial charge in [0.05, 0.1) is 5.69 Å². The summed E-state index contributed by atoms with van der Waals surface area (Å²) in [5.74, 6) is 0.698. The Morgan fingerprint density at radius 3 is 2.65 bits per heavy atom. The molecule has 0 aliphatic carbocycles. The van der Waals surface area contributed by atoms with Gasteiger partial charge in [0.2, 0.25) is 0 Å². The van der Waals surface area contributed by atoms with Crippen molar-refractivity contribution in [3.63, 3.8) is 0 Å². The van der Waals surface area contributed by atoms with E-state index in [0.29, 0.717) is 5.89 Å². The molecule has 0 fully saturated rings. The van der Waals surface area contributed by atoms with Crippen molar-refractivity contribution in [2.75, 3.05) is 0 Å². The van der Waals surface area contributed by atoms with Gasteiger partial charge < -0.3 is 4.42 Å². The Kier molecular flexibility index (Phi) is 2.26. The van der Waals surface area contributed by atoms with Crippen LogP contribution in [0.15, 0.2) is 22.6 Å². The highest BCUT2D eigenvalue weighted by molar-refractivity contribution is 7.15. The number of fused-ring (bicyclic) bond motifs is 1. The van der Waals surface area contributed by atoms with Crippen LogP contribution in [0, 0.1) is 20.8 Å². The van der Waals surface area contributed by atoms with Gasteiger partial charge in [-0.1, -0.05) is 0 Å². The third-order valence-corrected chi connectivity index (χ3v) is 3.89. The van der Waals surface area contributed by atoms with Gasteiger partial charge in [-0.25, -0.2) is 9.97 Å². The predicted molar refractivity (Wildman–Crippen MR) is 69.3 cm³/mol. The fourth-order valence-electron chi connectivity index (χ4n) is 1.77. The van der Waals surface area contributed by atoms with E-state index in [1.54, 1.807) is 11.3 Å². The molecule has 0 aliphatic heterocycles. The summed E-state index contributed by atoms with van der Waals surface area (Å²) in [6.07, 6.45) is 0. The standard InChI is InChI=1S/C13H12N2OS/c1-7-8(2)17-13(14-7)10-4-5-12-11(6-10)15-9(3)16-12/h4-6H,1-3H3. The molecule has 2 heterocycles. The lowest BCUT2D eigenvalue weighted by atomic mass is 10.2. The fraction of sp³-hybridized carbons (Fsp3) is 0.231. The molecule has 0 unspecified atom stereocenters. The minimum atomic E-state index is 0.698. The molecule has 3 nitrogen and oxygen atoms in total. The average molecular weight is 244 g/mol. The summed E-state index contributed by atoms with van der Waals surface area (Å²) in [6.45, 7) is 5.99. The van der Waals surface area contributed by atoms with Gasteiger partial charge in [0.1, 0.15) is 10.5 Å². The molecule has 1 aromatic carbocycles. The van der Waals surface area contributed by atoms with Crippen molar-refractivity contribution in [1.29, 1.82) is 0 Å². The second-order valence-electron chi connectivity index (χ2n) is 4.08. The number of benzene rings is 1. The second kappa shape index (κ2) is 3.67. The normalized spacial score (nSPS) is 11.2. The van der Waals surface area contributed by atoms with E-state index in [2.05, 4.69) is 16.9 Å². The van der Waals surface area contributed by atoms with Crippen molar-refractivity contribution < 1.29 is 4.42 Å². The minimum absolute atomic E-state index is 0.698. The monoisotopic (exact) mass is 244 g/mol. The zero-order valence-electron chi connectivity index (χ0n) is 9.94. The molecule has 0 bridgehead atoms. The topological polar surface area (TPSA) is 38.9 Å². The molecular weight excluding hydrogens is 232 g/mol. The average Bonchev–Trinajstić information content (AvgIpc) is 2.80. The summed E-state index contributed by atoms with van der Waals surface area (Å²) >= 11 is 1.71. The van der Waals surface area contributed by atoms with Crippen molar-refractivity contribution in [1.82, 2.24) is 9.97 Å². The molecule has 0 radical (unpaired) electrons. The third-order valence-electron chi connectivity index (χ3n) is 2.77. The Morgan fingerprint density at radius 1 is 1.12 bits per heavy atom. The number of aryl methyl sites for hydroxylation is 3. The van der Waals surface area contributed by atoms with Crippen LogP contribution in [0.1, 0.15) is 16.5 Å². The number of oxazole rings is 1. The third kappa shape index (κ3) is 1.74. The van der Waals surface area contributed by atoms with Crippen molar-refractivity contribution in [2.45, 2.75) is 20.8 Å². The maximum atomic E-state index is 5.46. The van der Waals surface area contributed by atoms with Gasteiger partial charge in [0, 0.05) is 17.4 Å². The summed E-state index contributed by atoms with van der Waals surface area (Å²) in [7, 11) is 0. The number of nitrogens with zero attached hydrogens (tertiary/aromatic N) is 2. The Bertz CT molecular complexity index is 677. The van der Waals surface area contributed by atoms with E-state index >= 15 is 0 Å². The summed E-state index contributed by atoms with van der Waals surface area (Å²) in [6, 6.07) is 6.02. The number of aromatic nitrogens is 2. The quantitative estimate of drug-likeness (QED) is 0.652. The van der Waals surface area contributed by atoms with Gasteiger partial charge in [0.25, 0.3) is 0 Å². The maximum Gasteiger partial charge on any atom is 0.192 e. The van der Waals surface area contributed by atoms with Crippen LogP contribution in [0.2, 0.25) is 0 Å². The summed E-state index contributed by atoms with van der Waals surface area (Å²) in [4.78, 5) is 10.2. The van der Waals surface area contributed by atoms with Crippen LogP contribution in [0.25, 0.3) is 21.7 Å². The molecule has 0 atom stereocenters. The van der Waals surface area contributed by atoms with Crippen molar-refractivity contribution in [3.8, 4) is 10.6 Å². The van der Waals surface area contributed by atoms with E-state index in [0.717, 1.165) is 27.4 Å². The molecule has 86 valence electrons. The van der Waals surface area contributed by atoms with Gasteiger partial charge in [-0.15, -0.1) is 11.3 Å². The van der Waals surface area contributed by atoms with Crippen LogP contribution in [0.5, 0.6) is 0 Å². The SMILES string of the molecule is Cc1nc2cc(-c3nc(C)c(C)s3)ccc2o1. The van der Waals surface area contributed by atoms with Crippen molar-refractivity contribution >= 4 is 22.4 Å². The molecule has 0 amide bonds. The number of rotatable bonds is 1. The minimum Gasteiger partial charge on any atom is -0.441 e. The number of hydrogen-bond acceptors (Lipinski definition) is 4. The van der Waals surface area contributed by atoms with Gasteiger partial charge >= 0.3 is 0 Å². The highest BCUT2D eigenvalue weighted by Crippen LogP contribution is 2.29. The van der Waals surface area contributed by atoms with E-state index in [1.165, 1.54) is 4.88 Å². The van der Waals surface area contributed by atoms with Crippen LogP contribution in [-0.4, -0.2) is 9.97 Å². The molecule has 0 aliphatic rings. The van der Waals surface area contributed by atoms with Crippen molar-refractivity contribution in [2.24, 2.45) is 0 Å². The lowest BCUT2D eigenvalue weighted by Gasteiger charge is -1.94. The van der Waals surface area contributed by atoms with E-state index in [9.17, 15) is 0 Å².